The van der Waals surface area contributed by atoms with Gasteiger partial charge in [0.1, 0.15) is 0 Å². The third-order valence-electron chi connectivity index (χ3n) is 4.87. The fourth-order valence-corrected chi connectivity index (χ4v) is 5.46. The summed E-state index contributed by atoms with van der Waals surface area (Å²) in [7, 11) is 0. The summed E-state index contributed by atoms with van der Waals surface area (Å²) in [5.41, 5.74) is 3.87. The molecule has 0 aliphatic heterocycles. The lowest BCUT2D eigenvalue weighted by Crippen LogP contribution is -2.05. The molecule has 1 atom stereocenters. The standard InChI is InChI=1S/C25H22Cl2N2S2/c26-22-7-1-19(2-8-22)16-30-24-11-5-21(6-12-24)25(15-29-14-13-28-18-29)31-17-20-3-9-23(27)10-4-20/h1-14,18,25H,15-17H2. The molecular formula is C25H22Cl2N2S2. The van der Waals surface area contributed by atoms with Gasteiger partial charge in [0, 0.05) is 50.6 Å². The van der Waals surface area contributed by atoms with E-state index in [1.165, 1.54) is 21.6 Å². The van der Waals surface area contributed by atoms with Crippen LogP contribution in [0.5, 0.6) is 0 Å². The first kappa shape index (κ1) is 22.3. The number of thioether (sulfide) groups is 2. The van der Waals surface area contributed by atoms with Gasteiger partial charge in [0.05, 0.1) is 6.33 Å². The van der Waals surface area contributed by atoms with Crippen molar-refractivity contribution in [3.05, 3.63) is 118 Å². The van der Waals surface area contributed by atoms with Gasteiger partial charge in [-0.05, 0) is 53.1 Å². The van der Waals surface area contributed by atoms with Crippen LogP contribution in [0.25, 0.3) is 0 Å². The second-order valence-corrected chi connectivity index (χ2v) is 10.3. The molecule has 0 aliphatic rings. The monoisotopic (exact) mass is 484 g/mol. The number of benzene rings is 3. The molecule has 0 N–H and O–H groups in total. The highest BCUT2D eigenvalue weighted by atomic mass is 35.5. The molecule has 1 unspecified atom stereocenters. The van der Waals surface area contributed by atoms with Gasteiger partial charge in [-0.25, -0.2) is 4.98 Å². The molecule has 0 amide bonds. The van der Waals surface area contributed by atoms with E-state index < -0.39 is 0 Å². The minimum atomic E-state index is 0.334. The Morgan fingerprint density at radius 3 is 1.97 bits per heavy atom. The summed E-state index contributed by atoms with van der Waals surface area (Å²) in [6.07, 6.45) is 5.73. The van der Waals surface area contributed by atoms with Gasteiger partial charge in [-0.1, -0.05) is 59.6 Å². The van der Waals surface area contributed by atoms with Crippen LogP contribution in [-0.4, -0.2) is 9.55 Å². The van der Waals surface area contributed by atoms with Crippen LogP contribution < -0.4 is 0 Å². The van der Waals surface area contributed by atoms with Gasteiger partial charge in [-0.3, -0.25) is 0 Å². The largest absolute Gasteiger partial charge is 0.336 e. The minimum Gasteiger partial charge on any atom is -0.336 e. The average molecular weight is 486 g/mol. The van der Waals surface area contributed by atoms with E-state index in [1.54, 1.807) is 0 Å². The molecule has 4 aromatic rings. The molecule has 0 bridgehead atoms. The van der Waals surface area contributed by atoms with E-state index in [0.717, 1.165) is 28.1 Å². The Hall–Kier alpha value is -1.85. The van der Waals surface area contributed by atoms with E-state index in [4.69, 9.17) is 23.2 Å². The molecule has 0 aliphatic carbocycles. The molecule has 0 saturated carbocycles. The SMILES string of the molecule is Clc1ccc(CSc2ccc(C(Cn3ccnc3)SCc3ccc(Cl)cc3)cc2)cc1. The zero-order valence-corrected chi connectivity index (χ0v) is 20.0. The first-order chi connectivity index (χ1) is 15.2. The van der Waals surface area contributed by atoms with Gasteiger partial charge in [0.25, 0.3) is 0 Å². The zero-order chi connectivity index (χ0) is 21.5. The Labute approximate surface area is 202 Å². The third kappa shape index (κ3) is 6.81. The van der Waals surface area contributed by atoms with Crippen LogP contribution in [0.1, 0.15) is 21.9 Å². The van der Waals surface area contributed by atoms with E-state index in [0.29, 0.717) is 5.25 Å². The molecular weight excluding hydrogens is 463 g/mol. The molecule has 31 heavy (non-hydrogen) atoms. The molecule has 4 rings (SSSR count). The van der Waals surface area contributed by atoms with Crippen molar-refractivity contribution in [2.45, 2.75) is 28.2 Å². The number of hydrogen-bond acceptors (Lipinski definition) is 3. The second-order valence-electron chi connectivity index (χ2n) is 7.17. The van der Waals surface area contributed by atoms with Crippen LogP contribution in [0, 0.1) is 0 Å². The Bertz CT molecular complexity index is 1060. The molecule has 158 valence electrons. The van der Waals surface area contributed by atoms with E-state index in [-0.39, 0.29) is 0 Å². The topological polar surface area (TPSA) is 17.8 Å². The van der Waals surface area contributed by atoms with Crippen LogP contribution in [0.2, 0.25) is 10.0 Å². The van der Waals surface area contributed by atoms with Crippen LogP contribution in [0.15, 0.2) is 96.4 Å². The fourth-order valence-electron chi connectivity index (χ4n) is 3.14. The van der Waals surface area contributed by atoms with Gasteiger partial charge in [0.2, 0.25) is 0 Å². The Morgan fingerprint density at radius 2 is 1.39 bits per heavy atom. The van der Waals surface area contributed by atoms with Crippen molar-refractivity contribution in [3.63, 3.8) is 0 Å². The maximum atomic E-state index is 6.03. The highest BCUT2D eigenvalue weighted by Crippen LogP contribution is 2.35. The number of nitrogens with zero attached hydrogens (tertiary/aromatic N) is 2. The number of halogens is 2. The second kappa shape index (κ2) is 11.1. The van der Waals surface area contributed by atoms with Crippen molar-refractivity contribution in [2.75, 3.05) is 0 Å². The summed E-state index contributed by atoms with van der Waals surface area (Å²) in [6, 6.07) is 25.1. The molecule has 6 heteroatoms. The van der Waals surface area contributed by atoms with Crippen molar-refractivity contribution < 1.29 is 0 Å². The molecule has 1 aromatic heterocycles. The maximum absolute atomic E-state index is 6.03. The number of imidazole rings is 1. The predicted octanol–water partition coefficient (Wildman–Crippen LogP) is 8.16. The van der Waals surface area contributed by atoms with Crippen molar-refractivity contribution in [1.82, 2.24) is 9.55 Å². The lowest BCUT2D eigenvalue weighted by atomic mass is 10.1. The van der Waals surface area contributed by atoms with Gasteiger partial charge >= 0.3 is 0 Å². The molecule has 3 aromatic carbocycles. The van der Waals surface area contributed by atoms with Crippen LogP contribution >= 0.6 is 46.7 Å². The van der Waals surface area contributed by atoms with Crippen LogP contribution in [0.4, 0.5) is 0 Å². The van der Waals surface area contributed by atoms with Gasteiger partial charge in [-0.15, -0.1) is 23.5 Å². The first-order valence-corrected chi connectivity index (χ1v) is 12.7. The molecule has 1 heterocycles. The summed E-state index contributed by atoms with van der Waals surface area (Å²) in [5.74, 6) is 1.86. The first-order valence-electron chi connectivity index (χ1n) is 9.95. The molecule has 0 spiro atoms. The normalized spacial score (nSPS) is 12.1. The third-order valence-corrected chi connectivity index (χ3v) is 7.78. The fraction of sp³-hybridized carbons (Fsp3) is 0.160. The highest BCUT2D eigenvalue weighted by Gasteiger charge is 2.14. The number of hydrogen-bond donors (Lipinski definition) is 0. The van der Waals surface area contributed by atoms with Crippen molar-refractivity contribution >= 4 is 46.7 Å². The Morgan fingerprint density at radius 1 is 0.774 bits per heavy atom. The zero-order valence-electron chi connectivity index (χ0n) is 16.8. The minimum absolute atomic E-state index is 0.334. The van der Waals surface area contributed by atoms with E-state index in [2.05, 4.69) is 58.1 Å². The quantitative estimate of drug-likeness (QED) is 0.223. The van der Waals surface area contributed by atoms with E-state index in [9.17, 15) is 0 Å². The molecule has 0 saturated heterocycles. The van der Waals surface area contributed by atoms with Crippen LogP contribution in [0.3, 0.4) is 0 Å². The van der Waals surface area contributed by atoms with Crippen molar-refractivity contribution in [3.8, 4) is 0 Å². The van der Waals surface area contributed by atoms with E-state index >= 15 is 0 Å². The summed E-state index contributed by atoms with van der Waals surface area (Å²) >= 11 is 15.8. The van der Waals surface area contributed by atoms with E-state index in [1.807, 2.05) is 66.5 Å². The lowest BCUT2D eigenvalue weighted by molar-refractivity contribution is 0.683. The molecule has 0 radical (unpaired) electrons. The number of aromatic nitrogens is 2. The number of rotatable bonds is 9. The summed E-state index contributed by atoms with van der Waals surface area (Å²) in [6.45, 7) is 0.884. The Balaban J connectivity index is 1.42. The lowest BCUT2D eigenvalue weighted by Gasteiger charge is -2.18. The van der Waals surface area contributed by atoms with Crippen molar-refractivity contribution in [2.24, 2.45) is 0 Å². The molecule has 2 nitrogen and oxygen atoms in total. The summed E-state index contributed by atoms with van der Waals surface area (Å²) in [5, 5.41) is 1.88. The summed E-state index contributed by atoms with van der Waals surface area (Å²) < 4.78 is 2.14. The average Bonchev–Trinajstić information content (AvgIpc) is 3.31. The predicted molar refractivity (Wildman–Crippen MR) is 135 cm³/mol. The van der Waals surface area contributed by atoms with Gasteiger partial charge in [0.15, 0.2) is 0 Å². The molecule has 0 fully saturated rings. The maximum Gasteiger partial charge on any atom is 0.0946 e. The van der Waals surface area contributed by atoms with Crippen LogP contribution in [-0.2, 0) is 18.1 Å². The smallest absolute Gasteiger partial charge is 0.0946 e. The van der Waals surface area contributed by atoms with Crippen molar-refractivity contribution in [1.29, 1.82) is 0 Å². The summed E-state index contributed by atoms with van der Waals surface area (Å²) in [4.78, 5) is 5.46. The Kier molecular flexibility index (Phi) is 8.03. The van der Waals surface area contributed by atoms with Gasteiger partial charge in [-0.2, -0.15) is 0 Å². The highest BCUT2D eigenvalue weighted by molar-refractivity contribution is 7.99. The van der Waals surface area contributed by atoms with Gasteiger partial charge < -0.3 is 4.57 Å².